The molecule has 0 aromatic heterocycles. The van der Waals surface area contributed by atoms with Crippen LogP contribution in [-0.2, 0) is 4.74 Å². The molecule has 134 valence electrons. The minimum absolute atomic E-state index is 0.0565. The molecule has 2 rings (SSSR count). The van der Waals surface area contributed by atoms with E-state index >= 15 is 0 Å². The van der Waals surface area contributed by atoms with Gasteiger partial charge in [-0.05, 0) is 53.4 Å². The lowest BCUT2D eigenvalue weighted by atomic mass is 9.71. The maximum atomic E-state index is 12.4. The number of carbonyl (C=O) groups is 1. The van der Waals surface area contributed by atoms with Crippen molar-refractivity contribution in [2.24, 2.45) is 22.7 Å². The number of nitriles is 2. The van der Waals surface area contributed by atoms with Crippen molar-refractivity contribution >= 4 is 11.8 Å². The van der Waals surface area contributed by atoms with E-state index in [1.807, 2.05) is 34.6 Å². The lowest BCUT2D eigenvalue weighted by Crippen LogP contribution is -2.46. The molecular formula is C19H26N4O2. The van der Waals surface area contributed by atoms with Crippen molar-refractivity contribution in [2.75, 3.05) is 13.1 Å². The fraction of sp³-hybridized carbons (Fsp3) is 0.684. The van der Waals surface area contributed by atoms with Gasteiger partial charge in [-0.15, -0.1) is 0 Å². The monoisotopic (exact) mass is 342 g/mol. The van der Waals surface area contributed by atoms with Gasteiger partial charge in [0.25, 0.3) is 0 Å². The summed E-state index contributed by atoms with van der Waals surface area (Å²) in [6, 6.07) is 4.57. The summed E-state index contributed by atoms with van der Waals surface area (Å²) in [6.45, 7) is 10.3. The smallest absolute Gasteiger partial charge is 0.410 e. The summed E-state index contributed by atoms with van der Waals surface area (Å²) >= 11 is 0. The predicted molar refractivity (Wildman–Crippen MR) is 94.5 cm³/mol. The number of carbonyl (C=O) groups excluding carboxylic acids is 1. The lowest BCUT2D eigenvalue weighted by molar-refractivity contribution is 0.0136. The number of ether oxygens (including phenoxy) is 1. The van der Waals surface area contributed by atoms with Crippen LogP contribution in [-0.4, -0.2) is 35.4 Å². The Hall–Kier alpha value is -2.34. The van der Waals surface area contributed by atoms with Gasteiger partial charge in [-0.1, -0.05) is 0 Å². The highest BCUT2D eigenvalue weighted by Gasteiger charge is 2.41. The second kappa shape index (κ2) is 7.27. The van der Waals surface area contributed by atoms with Crippen molar-refractivity contribution < 1.29 is 9.53 Å². The number of allylic oxidation sites excluding steroid dienone is 2. The second-order valence-electron chi connectivity index (χ2n) is 7.83. The Balaban J connectivity index is 2.25. The summed E-state index contributed by atoms with van der Waals surface area (Å²) < 4.78 is 5.48. The van der Waals surface area contributed by atoms with E-state index in [0.717, 1.165) is 18.6 Å². The molecule has 6 nitrogen and oxygen atoms in total. The molecule has 2 aliphatic heterocycles. The predicted octanol–water partition coefficient (Wildman–Crippen LogP) is 3.66. The third kappa shape index (κ3) is 4.20. The van der Waals surface area contributed by atoms with Gasteiger partial charge in [0.05, 0.1) is 29.3 Å². The first kappa shape index (κ1) is 19.0. The molecule has 1 amide bonds. The number of rotatable bonds is 1. The number of amides is 1. The summed E-state index contributed by atoms with van der Waals surface area (Å²) in [6.07, 6.45) is 1.39. The largest absolute Gasteiger partial charge is 0.444 e. The number of piperidine rings is 1. The maximum absolute atomic E-state index is 12.4. The standard InChI is InChI=1S/C19H26N4O2/c1-12-15(9-20)17(16(10-21)13(2)22-12)14-7-6-8-23(11-14)18(24)25-19(3,4)5/h14-15,17H,6-8,11H2,1-5H3. The molecule has 25 heavy (non-hydrogen) atoms. The molecule has 2 aliphatic rings. The van der Waals surface area contributed by atoms with Crippen LogP contribution in [0.25, 0.3) is 0 Å². The highest BCUT2D eigenvalue weighted by Crippen LogP contribution is 2.39. The fourth-order valence-corrected chi connectivity index (χ4v) is 3.69. The normalized spacial score (nSPS) is 27.2. The summed E-state index contributed by atoms with van der Waals surface area (Å²) in [5.41, 5.74) is 1.47. The van der Waals surface area contributed by atoms with Crippen LogP contribution in [0.2, 0.25) is 0 Å². The molecule has 0 spiro atoms. The Morgan fingerprint density at radius 2 is 2.00 bits per heavy atom. The summed E-state index contributed by atoms with van der Waals surface area (Å²) in [5.74, 6) is -0.569. The number of nitrogens with zero attached hydrogens (tertiary/aromatic N) is 4. The van der Waals surface area contributed by atoms with Gasteiger partial charge < -0.3 is 9.64 Å². The van der Waals surface area contributed by atoms with Crippen LogP contribution < -0.4 is 0 Å². The average molecular weight is 342 g/mol. The molecule has 3 atom stereocenters. The minimum Gasteiger partial charge on any atom is -0.444 e. The van der Waals surface area contributed by atoms with Gasteiger partial charge in [-0.2, -0.15) is 10.5 Å². The van der Waals surface area contributed by atoms with Gasteiger partial charge in [0, 0.05) is 24.7 Å². The van der Waals surface area contributed by atoms with Crippen molar-refractivity contribution in [1.82, 2.24) is 4.90 Å². The zero-order valence-corrected chi connectivity index (χ0v) is 15.7. The van der Waals surface area contributed by atoms with Crippen molar-refractivity contribution in [2.45, 2.75) is 53.1 Å². The van der Waals surface area contributed by atoms with E-state index in [2.05, 4.69) is 17.1 Å². The Kier molecular flexibility index (Phi) is 5.52. The molecule has 3 unspecified atom stereocenters. The minimum atomic E-state index is -0.540. The molecular weight excluding hydrogens is 316 g/mol. The summed E-state index contributed by atoms with van der Waals surface area (Å²) in [4.78, 5) is 18.5. The second-order valence-corrected chi connectivity index (χ2v) is 7.83. The zero-order chi connectivity index (χ0) is 18.8. The molecule has 1 saturated heterocycles. The third-order valence-electron chi connectivity index (χ3n) is 4.75. The summed E-state index contributed by atoms with van der Waals surface area (Å²) in [7, 11) is 0. The summed E-state index contributed by atoms with van der Waals surface area (Å²) in [5, 5.41) is 19.2. The highest BCUT2D eigenvalue weighted by molar-refractivity contribution is 5.89. The first-order valence-corrected chi connectivity index (χ1v) is 8.71. The van der Waals surface area contributed by atoms with Gasteiger partial charge in [-0.25, -0.2) is 4.79 Å². The van der Waals surface area contributed by atoms with Crippen molar-refractivity contribution in [1.29, 1.82) is 10.5 Å². The van der Waals surface area contributed by atoms with Gasteiger partial charge >= 0.3 is 6.09 Å². The molecule has 0 aromatic carbocycles. The zero-order valence-electron chi connectivity index (χ0n) is 15.7. The average Bonchev–Trinajstić information content (AvgIpc) is 2.52. The van der Waals surface area contributed by atoms with Crippen LogP contribution in [0.3, 0.4) is 0 Å². The molecule has 0 saturated carbocycles. The number of aliphatic imine (C=N–C) groups is 1. The van der Waals surface area contributed by atoms with E-state index in [9.17, 15) is 15.3 Å². The Morgan fingerprint density at radius 3 is 2.56 bits per heavy atom. The third-order valence-corrected chi connectivity index (χ3v) is 4.75. The lowest BCUT2D eigenvalue weighted by Gasteiger charge is -2.40. The molecule has 6 heteroatoms. The maximum Gasteiger partial charge on any atom is 0.410 e. The Labute approximate surface area is 149 Å². The van der Waals surface area contributed by atoms with Crippen LogP contribution in [0.1, 0.15) is 47.5 Å². The van der Waals surface area contributed by atoms with E-state index in [0.29, 0.717) is 24.4 Å². The van der Waals surface area contributed by atoms with Crippen molar-refractivity contribution in [3.63, 3.8) is 0 Å². The molecule has 0 aliphatic carbocycles. The first-order chi connectivity index (χ1) is 11.7. The van der Waals surface area contributed by atoms with Crippen molar-refractivity contribution in [3.05, 3.63) is 11.3 Å². The topological polar surface area (TPSA) is 89.5 Å². The molecule has 1 fully saturated rings. The van der Waals surface area contributed by atoms with Gasteiger partial charge in [0.1, 0.15) is 5.60 Å². The van der Waals surface area contributed by atoms with Crippen molar-refractivity contribution in [3.8, 4) is 12.1 Å². The Bertz CT molecular complexity index is 688. The van der Waals surface area contributed by atoms with Crippen LogP contribution in [0, 0.1) is 40.4 Å². The van der Waals surface area contributed by atoms with E-state index < -0.39 is 11.5 Å². The van der Waals surface area contributed by atoms with Gasteiger partial charge in [0.15, 0.2) is 0 Å². The molecule has 0 radical (unpaired) electrons. The van der Waals surface area contributed by atoms with E-state index in [1.54, 1.807) is 4.90 Å². The van der Waals surface area contributed by atoms with E-state index in [1.165, 1.54) is 0 Å². The molecule has 0 N–H and O–H groups in total. The quantitative estimate of drug-likeness (QED) is 0.727. The number of hydrogen-bond donors (Lipinski definition) is 0. The van der Waals surface area contributed by atoms with Gasteiger partial charge in [0.2, 0.25) is 0 Å². The number of likely N-dealkylation sites (tertiary alicyclic amines) is 1. The highest BCUT2D eigenvalue weighted by atomic mass is 16.6. The SMILES string of the molecule is CC1=NC(C)=C(C#N)C(C2CCCN(C(=O)OC(C)(C)C)C2)C1C#N. The van der Waals surface area contributed by atoms with Crippen LogP contribution >= 0.6 is 0 Å². The van der Waals surface area contributed by atoms with Gasteiger partial charge in [-0.3, -0.25) is 4.99 Å². The van der Waals surface area contributed by atoms with Crippen LogP contribution in [0.15, 0.2) is 16.3 Å². The van der Waals surface area contributed by atoms with Crippen LogP contribution in [0.4, 0.5) is 4.79 Å². The fourth-order valence-electron chi connectivity index (χ4n) is 3.69. The number of hydrogen-bond acceptors (Lipinski definition) is 5. The van der Waals surface area contributed by atoms with Crippen LogP contribution in [0.5, 0.6) is 0 Å². The molecule has 0 aromatic rings. The molecule has 0 bridgehead atoms. The van der Waals surface area contributed by atoms with E-state index in [4.69, 9.17) is 4.74 Å². The Morgan fingerprint density at radius 1 is 1.32 bits per heavy atom. The molecule has 2 heterocycles. The van der Waals surface area contributed by atoms with E-state index in [-0.39, 0.29) is 17.9 Å². The first-order valence-electron chi connectivity index (χ1n) is 8.71.